The summed E-state index contributed by atoms with van der Waals surface area (Å²) in [7, 11) is -4.15. The highest BCUT2D eigenvalue weighted by Gasteiger charge is 2.46. The Morgan fingerprint density at radius 2 is 1.87 bits per heavy atom. The molecule has 1 saturated carbocycles. The largest absolute Gasteiger partial charge is 0.483 e. The minimum absolute atomic E-state index is 0.127. The normalized spacial score (nSPS) is 25.2. The monoisotopic (exact) mass is 870 g/mol. The summed E-state index contributed by atoms with van der Waals surface area (Å²) in [6.45, 7) is 8.82. The lowest BCUT2D eigenvalue weighted by Gasteiger charge is -2.49. The van der Waals surface area contributed by atoms with Crippen molar-refractivity contribution in [3.63, 3.8) is 0 Å². The van der Waals surface area contributed by atoms with Crippen LogP contribution in [0.3, 0.4) is 0 Å². The number of carbonyl (C=O) groups excluding carboxylic acids is 2. The highest BCUT2D eigenvalue weighted by atomic mass is 35.5. The van der Waals surface area contributed by atoms with Crippen LogP contribution in [0.15, 0.2) is 89.7 Å². The minimum Gasteiger partial charge on any atom is -0.483 e. The lowest BCUT2D eigenvalue weighted by atomic mass is 9.83. The van der Waals surface area contributed by atoms with Crippen LogP contribution in [0.25, 0.3) is 11.0 Å². The highest BCUT2D eigenvalue weighted by Crippen LogP contribution is 2.39. The number of pyridine rings is 1. The molecule has 2 aromatic heterocycles. The van der Waals surface area contributed by atoms with Gasteiger partial charge in [-0.25, -0.2) is 18.1 Å². The van der Waals surface area contributed by atoms with Gasteiger partial charge in [0.15, 0.2) is 0 Å². The van der Waals surface area contributed by atoms with Crippen LogP contribution in [0.1, 0.15) is 56.6 Å². The molecule has 324 valence electrons. The second-order valence-corrected chi connectivity index (χ2v) is 20.0. The van der Waals surface area contributed by atoms with E-state index in [0.717, 1.165) is 95.7 Å². The first-order chi connectivity index (χ1) is 29.4. The van der Waals surface area contributed by atoms with E-state index in [0.29, 0.717) is 46.7 Å². The molecule has 3 fully saturated rings. The van der Waals surface area contributed by atoms with Crippen LogP contribution >= 0.6 is 11.6 Å². The molecule has 3 aliphatic heterocycles. The van der Waals surface area contributed by atoms with Crippen molar-refractivity contribution in [3.05, 3.63) is 106 Å². The Hall–Kier alpha value is -4.83. The molecule has 0 radical (unpaired) electrons. The van der Waals surface area contributed by atoms with Gasteiger partial charge in [0.1, 0.15) is 22.8 Å². The van der Waals surface area contributed by atoms with Gasteiger partial charge in [0.25, 0.3) is 5.91 Å². The predicted octanol–water partition coefficient (Wildman–Crippen LogP) is 4.51. The van der Waals surface area contributed by atoms with Gasteiger partial charge in [0.05, 0.1) is 28.7 Å². The summed E-state index contributed by atoms with van der Waals surface area (Å²) in [6.07, 6.45) is 14.6. The third-order valence-corrected chi connectivity index (χ3v) is 15.0. The van der Waals surface area contributed by atoms with Gasteiger partial charge in [0.2, 0.25) is 15.9 Å². The number of amides is 2. The fourth-order valence-corrected chi connectivity index (χ4v) is 10.8. The van der Waals surface area contributed by atoms with Crippen molar-refractivity contribution in [3.8, 4) is 5.75 Å². The van der Waals surface area contributed by atoms with E-state index in [-0.39, 0.29) is 29.4 Å². The van der Waals surface area contributed by atoms with Gasteiger partial charge in [-0.3, -0.25) is 14.5 Å². The molecule has 14 nitrogen and oxygen atoms in total. The lowest BCUT2D eigenvalue weighted by molar-refractivity contribution is -0.141. The van der Waals surface area contributed by atoms with Gasteiger partial charge in [-0.1, -0.05) is 23.7 Å². The molecule has 16 heteroatoms. The van der Waals surface area contributed by atoms with Crippen molar-refractivity contribution < 1.29 is 27.5 Å². The van der Waals surface area contributed by atoms with Crippen LogP contribution < -0.4 is 20.5 Å². The number of hydrogen-bond donors (Lipinski definition) is 4. The van der Waals surface area contributed by atoms with Gasteiger partial charge in [-0.05, 0) is 105 Å². The standard InChI is InChI=1S/C45H55ClN8O6S/c1-45(24-33-20-34(46)5-4-32(33)27-54(45)44(56)30-2-3-30)28-52-14-16-53(17-15-52)35-6-8-38(41(22-35)60-36-21-31-10-13-48-42(31)50-26-36)43(55)51-61(57,58)37-7-9-40(39(47)23-37)49-25-29-11-18-59-19-12-29/h4-6,8-10,13,20-21,23,26,29-30,37,41,49H,2-3,7,11-12,14-19,22,24-25,27-28,47H2,1H3,(H,48,50)(H,51,55). The van der Waals surface area contributed by atoms with Gasteiger partial charge in [-0.15, -0.1) is 0 Å². The van der Waals surface area contributed by atoms with Crippen molar-refractivity contribution in [2.75, 3.05) is 52.5 Å². The van der Waals surface area contributed by atoms with E-state index in [9.17, 15) is 18.0 Å². The summed E-state index contributed by atoms with van der Waals surface area (Å²) in [6, 6.07) is 9.76. The maximum absolute atomic E-state index is 14.0. The number of halogens is 1. The molecule has 5 N–H and O–H groups in total. The predicted molar refractivity (Wildman–Crippen MR) is 234 cm³/mol. The van der Waals surface area contributed by atoms with E-state index in [2.05, 4.69) is 47.7 Å². The van der Waals surface area contributed by atoms with Crippen molar-refractivity contribution in [2.45, 2.75) is 75.3 Å². The zero-order valence-corrected chi connectivity index (χ0v) is 36.1. The number of rotatable bonds is 12. The summed E-state index contributed by atoms with van der Waals surface area (Å²) < 4.78 is 41.8. The van der Waals surface area contributed by atoms with Crippen LogP contribution in [0, 0.1) is 11.8 Å². The Bertz CT molecular complexity index is 2410. The number of H-pyrrole nitrogens is 1. The minimum atomic E-state index is -4.15. The molecular weight excluding hydrogens is 816 g/mol. The number of allylic oxidation sites excluding steroid dienone is 3. The summed E-state index contributed by atoms with van der Waals surface area (Å²) in [5.41, 5.74) is 11.3. The molecule has 5 heterocycles. The molecule has 0 bridgehead atoms. The van der Waals surface area contributed by atoms with Crippen molar-refractivity contribution >= 4 is 44.5 Å². The van der Waals surface area contributed by atoms with Crippen LogP contribution in [0.5, 0.6) is 5.75 Å². The number of aromatic amines is 1. The molecule has 61 heavy (non-hydrogen) atoms. The first-order valence-electron chi connectivity index (χ1n) is 21.5. The molecule has 3 unspecified atom stereocenters. The van der Waals surface area contributed by atoms with Crippen molar-refractivity contribution in [2.24, 2.45) is 17.6 Å². The second kappa shape index (κ2) is 17.1. The second-order valence-electron chi connectivity index (χ2n) is 17.7. The zero-order chi connectivity index (χ0) is 42.3. The van der Waals surface area contributed by atoms with Crippen LogP contribution in [0.4, 0.5) is 0 Å². The molecule has 3 atom stereocenters. The van der Waals surface area contributed by atoms with E-state index < -0.39 is 27.3 Å². The molecule has 1 aromatic carbocycles. The maximum Gasteiger partial charge on any atom is 0.264 e. The Kier molecular flexibility index (Phi) is 11.7. The number of hydrogen-bond acceptors (Lipinski definition) is 11. The Morgan fingerprint density at radius 3 is 2.64 bits per heavy atom. The van der Waals surface area contributed by atoms with Crippen LogP contribution in [-0.2, 0) is 37.3 Å². The third-order valence-electron chi connectivity index (χ3n) is 13.2. The van der Waals surface area contributed by atoms with Gasteiger partial charge < -0.3 is 35.3 Å². The van der Waals surface area contributed by atoms with Crippen LogP contribution in [0.2, 0.25) is 5.02 Å². The highest BCUT2D eigenvalue weighted by molar-refractivity contribution is 7.90. The summed E-state index contributed by atoms with van der Waals surface area (Å²) >= 11 is 6.43. The van der Waals surface area contributed by atoms with Gasteiger partial charge in [-0.2, -0.15) is 0 Å². The first-order valence-corrected chi connectivity index (χ1v) is 23.5. The average molecular weight is 872 g/mol. The fourth-order valence-electron chi connectivity index (χ4n) is 9.43. The number of fused-ring (bicyclic) bond motifs is 2. The number of carbonyl (C=O) groups is 2. The topological polar surface area (TPSA) is 175 Å². The maximum atomic E-state index is 14.0. The van der Waals surface area contributed by atoms with E-state index in [1.54, 1.807) is 24.5 Å². The number of nitrogens with zero attached hydrogens (tertiary/aromatic N) is 4. The molecule has 2 saturated heterocycles. The Labute approximate surface area is 362 Å². The number of piperazine rings is 1. The SMILES string of the molecule is CC1(CN2CCN(C3=CC=C(C(=O)NS(=O)(=O)C4C=C(N)C(NCC5CCOCC5)=CC4)C(Oc4cnc5[nH]ccc5c4)C3)CC2)Cc2cc(Cl)ccc2CN1C(=O)C1CC1. The van der Waals surface area contributed by atoms with E-state index in [1.807, 2.05) is 30.3 Å². The number of nitrogens with two attached hydrogens (primary N) is 1. The number of nitrogens with one attached hydrogen (secondary N) is 3. The zero-order valence-electron chi connectivity index (χ0n) is 34.6. The Morgan fingerprint density at radius 1 is 1.07 bits per heavy atom. The molecule has 3 aliphatic carbocycles. The molecule has 0 spiro atoms. The van der Waals surface area contributed by atoms with Crippen molar-refractivity contribution in [1.29, 1.82) is 0 Å². The molecule has 9 rings (SSSR count). The molecular formula is C45H55ClN8O6S. The summed E-state index contributed by atoms with van der Waals surface area (Å²) in [5.74, 6) is 0.571. The van der Waals surface area contributed by atoms with Crippen molar-refractivity contribution in [1.82, 2.24) is 34.7 Å². The van der Waals surface area contributed by atoms with Gasteiger partial charge in [0, 0.05) is 93.7 Å². The molecule has 2 amide bonds. The quantitative estimate of drug-likeness (QED) is 0.202. The number of benzene rings is 1. The summed E-state index contributed by atoms with van der Waals surface area (Å²) in [5, 5.41) is 3.93. The van der Waals surface area contributed by atoms with Gasteiger partial charge >= 0.3 is 0 Å². The lowest BCUT2D eigenvalue weighted by Crippen LogP contribution is -2.61. The fraction of sp³-hybridized carbons (Fsp3) is 0.489. The van der Waals surface area contributed by atoms with Crippen LogP contribution in [-0.4, -0.2) is 114 Å². The number of aromatic nitrogens is 2. The number of ether oxygens (including phenoxy) is 2. The molecule has 6 aliphatic rings. The van der Waals surface area contributed by atoms with E-state index in [1.165, 1.54) is 17.2 Å². The van der Waals surface area contributed by atoms with E-state index >= 15 is 0 Å². The summed E-state index contributed by atoms with van der Waals surface area (Å²) in [4.78, 5) is 42.1. The third kappa shape index (κ3) is 9.20. The smallest absolute Gasteiger partial charge is 0.264 e. The Balaban J connectivity index is 0.879. The number of sulfonamides is 1. The first kappa shape index (κ1) is 41.5. The van der Waals surface area contributed by atoms with E-state index in [4.69, 9.17) is 26.8 Å². The molecule has 3 aromatic rings. The average Bonchev–Trinajstić information content (AvgIpc) is 4.00.